The lowest BCUT2D eigenvalue weighted by atomic mass is 9.92. The number of hydrogen-bond acceptors (Lipinski definition) is 6. The van der Waals surface area contributed by atoms with Crippen molar-refractivity contribution in [1.29, 1.82) is 0 Å². The lowest BCUT2D eigenvalue weighted by Gasteiger charge is -2.39. The van der Waals surface area contributed by atoms with Crippen molar-refractivity contribution in [3.05, 3.63) is 34.9 Å². The van der Waals surface area contributed by atoms with E-state index in [1.165, 1.54) is 0 Å². The molecule has 3 aliphatic rings. The molecule has 0 aliphatic carbocycles. The SMILES string of the molecule is CNCC1(O)CCCN(Cc2ccc3c(c2)C(=O)N(C2CCC(=O)NC2=O)C3)C1. The molecule has 3 aliphatic heterocycles. The maximum Gasteiger partial charge on any atom is 0.255 e. The van der Waals surface area contributed by atoms with E-state index < -0.39 is 11.6 Å². The third kappa shape index (κ3) is 4.05. The number of carbonyl (C=O) groups is 3. The number of hydrogen-bond donors (Lipinski definition) is 3. The van der Waals surface area contributed by atoms with Crippen LogP contribution in [0.3, 0.4) is 0 Å². The number of amides is 3. The van der Waals surface area contributed by atoms with Crippen LogP contribution in [0.25, 0.3) is 0 Å². The van der Waals surface area contributed by atoms with Crippen LogP contribution in [-0.4, -0.2) is 71.0 Å². The first-order valence-electron chi connectivity index (χ1n) is 10.2. The second kappa shape index (κ2) is 7.85. The van der Waals surface area contributed by atoms with Crippen molar-refractivity contribution in [2.75, 3.05) is 26.7 Å². The fraction of sp³-hybridized carbons (Fsp3) is 0.571. The molecule has 0 aromatic heterocycles. The van der Waals surface area contributed by atoms with E-state index in [-0.39, 0.29) is 24.1 Å². The van der Waals surface area contributed by atoms with Gasteiger partial charge in [-0.1, -0.05) is 12.1 Å². The number of carbonyl (C=O) groups excluding carboxylic acids is 3. The van der Waals surface area contributed by atoms with Gasteiger partial charge in [-0.3, -0.25) is 24.6 Å². The Balaban J connectivity index is 1.45. The van der Waals surface area contributed by atoms with Gasteiger partial charge in [0.05, 0.1) is 5.60 Å². The predicted molar refractivity (Wildman–Crippen MR) is 106 cm³/mol. The summed E-state index contributed by atoms with van der Waals surface area (Å²) in [5, 5.41) is 16.1. The molecule has 2 unspecified atom stereocenters. The van der Waals surface area contributed by atoms with Gasteiger partial charge in [0.1, 0.15) is 6.04 Å². The van der Waals surface area contributed by atoms with E-state index in [2.05, 4.69) is 15.5 Å². The number of likely N-dealkylation sites (tertiary alicyclic amines) is 1. The molecule has 2 atom stereocenters. The molecule has 1 aromatic rings. The van der Waals surface area contributed by atoms with Gasteiger partial charge in [0.2, 0.25) is 11.8 Å². The fourth-order valence-electron chi connectivity index (χ4n) is 4.77. The summed E-state index contributed by atoms with van der Waals surface area (Å²) in [5.74, 6) is -0.820. The number of likely N-dealkylation sites (N-methyl/N-ethyl adjacent to an activating group) is 1. The molecule has 8 nitrogen and oxygen atoms in total. The summed E-state index contributed by atoms with van der Waals surface area (Å²) in [6, 6.07) is 5.30. The Hall–Kier alpha value is -2.29. The van der Waals surface area contributed by atoms with Gasteiger partial charge in [-0.05, 0) is 50.0 Å². The van der Waals surface area contributed by atoms with Gasteiger partial charge in [-0.25, -0.2) is 0 Å². The lowest BCUT2D eigenvalue weighted by molar-refractivity contribution is -0.136. The Bertz CT molecular complexity index is 838. The average Bonchev–Trinajstić information content (AvgIpc) is 2.98. The first-order valence-corrected chi connectivity index (χ1v) is 10.2. The second-order valence-corrected chi connectivity index (χ2v) is 8.46. The third-order valence-corrected chi connectivity index (χ3v) is 6.14. The van der Waals surface area contributed by atoms with Gasteiger partial charge >= 0.3 is 0 Å². The largest absolute Gasteiger partial charge is 0.387 e. The average molecular weight is 400 g/mol. The van der Waals surface area contributed by atoms with Gasteiger partial charge < -0.3 is 15.3 Å². The van der Waals surface area contributed by atoms with Gasteiger partial charge in [0, 0.05) is 38.2 Å². The van der Waals surface area contributed by atoms with Crippen molar-refractivity contribution in [3.8, 4) is 0 Å². The molecule has 156 valence electrons. The van der Waals surface area contributed by atoms with Crippen LogP contribution in [0.5, 0.6) is 0 Å². The van der Waals surface area contributed by atoms with Gasteiger partial charge in [0.15, 0.2) is 0 Å². The molecule has 0 radical (unpaired) electrons. The summed E-state index contributed by atoms with van der Waals surface area (Å²) in [6.07, 6.45) is 2.35. The number of imide groups is 1. The third-order valence-electron chi connectivity index (χ3n) is 6.14. The van der Waals surface area contributed by atoms with Crippen molar-refractivity contribution in [2.45, 2.75) is 50.4 Å². The van der Waals surface area contributed by atoms with Crippen LogP contribution in [0, 0.1) is 0 Å². The number of rotatable bonds is 5. The zero-order valence-corrected chi connectivity index (χ0v) is 16.7. The van der Waals surface area contributed by atoms with Crippen LogP contribution in [0.4, 0.5) is 0 Å². The predicted octanol–water partition coefficient (Wildman–Crippen LogP) is -0.00610. The number of nitrogens with zero attached hydrogens (tertiary/aromatic N) is 2. The maximum absolute atomic E-state index is 13.0. The Labute approximate surface area is 170 Å². The first-order chi connectivity index (χ1) is 13.9. The molecular formula is C21H28N4O4. The number of aliphatic hydroxyl groups is 1. The van der Waals surface area contributed by atoms with Gasteiger partial charge in [-0.15, -0.1) is 0 Å². The molecule has 2 fully saturated rings. The molecule has 0 saturated carbocycles. The van der Waals surface area contributed by atoms with Gasteiger partial charge in [-0.2, -0.15) is 0 Å². The molecular weight excluding hydrogens is 372 g/mol. The summed E-state index contributed by atoms with van der Waals surface area (Å²) in [5.41, 5.74) is 1.85. The molecule has 29 heavy (non-hydrogen) atoms. The Morgan fingerprint density at radius 1 is 1.31 bits per heavy atom. The summed E-state index contributed by atoms with van der Waals surface area (Å²) in [6.45, 7) is 3.14. The van der Waals surface area contributed by atoms with Crippen molar-refractivity contribution in [1.82, 2.24) is 20.4 Å². The lowest BCUT2D eigenvalue weighted by Crippen LogP contribution is -2.52. The van der Waals surface area contributed by atoms with Gasteiger partial charge in [0.25, 0.3) is 5.91 Å². The molecule has 3 heterocycles. The van der Waals surface area contributed by atoms with Crippen LogP contribution < -0.4 is 10.6 Å². The van der Waals surface area contributed by atoms with Crippen LogP contribution in [0.15, 0.2) is 18.2 Å². The molecule has 0 spiro atoms. The highest BCUT2D eigenvalue weighted by atomic mass is 16.3. The van der Waals surface area contributed by atoms with E-state index in [0.29, 0.717) is 38.2 Å². The minimum Gasteiger partial charge on any atom is -0.387 e. The highest BCUT2D eigenvalue weighted by Crippen LogP contribution is 2.29. The summed E-state index contributed by atoms with van der Waals surface area (Å²) in [7, 11) is 1.84. The Kier molecular flexibility index (Phi) is 5.42. The zero-order chi connectivity index (χ0) is 20.6. The highest BCUT2D eigenvalue weighted by molar-refractivity contribution is 6.05. The number of β-amino-alcohol motifs (C(OH)–C–C–N with tert-alkyl or cyclic N) is 1. The number of nitrogens with one attached hydrogen (secondary N) is 2. The summed E-state index contributed by atoms with van der Waals surface area (Å²) < 4.78 is 0. The van der Waals surface area contributed by atoms with Crippen LogP contribution in [0.2, 0.25) is 0 Å². The number of fused-ring (bicyclic) bond motifs is 1. The summed E-state index contributed by atoms with van der Waals surface area (Å²) >= 11 is 0. The highest BCUT2D eigenvalue weighted by Gasteiger charge is 2.39. The number of piperidine rings is 2. The van der Waals surface area contributed by atoms with Crippen molar-refractivity contribution >= 4 is 17.7 Å². The quantitative estimate of drug-likeness (QED) is 0.601. The monoisotopic (exact) mass is 400 g/mol. The van der Waals surface area contributed by atoms with Crippen LogP contribution in [0.1, 0.15) is 47.2 Å². The molecule has 3 N–H and O–H groups in total. The zero-order valence-electron chi connectivity index (χ0n) is 16.7. The minimum absolute atomic E-state index is 0.151. The molecule has 0 bridgehead atoms. The smallest absolute Gasteiger partial charge is 0.255 e. The molecule has 2 saturated heterocycles. The molecule has 3 amide bonds. The normalized spacial score (nSPS) is 27.9. The van der Waals surface area contributed by atoms with Crippen LogP contribution >= 0.6 is 0 Å². The van der Waals surface area contributed by atoms with Crippen molar-refractivity contribution < 1.29 is 19.5 Å². The molecule has 4 rings (SSSR count). The molecule has 8 heteroatoms. The Morgan fingerprint density at radius 3 is 2.90 bits per heavy atom. The second-order valence-electron chi connectivity index (χ2n) is 8.46. The van der Waals surface area contributed by atoms with Crippen molar-refractivity contribution in [2.24, 2.45) is 0 Å². The molecule has 1 aromatic carbocycles. The summed E-state index contributed by atoms with van der Waals surface area (Å²) in [4.78, 5) is 40.3. The van der Waals surface area contributed by atoms with Crippen molar-refractivity contribution in [3.63, 3.8) is 0 Å². The van der Waals surface area contributed by atoms with E-state index in [4.69, 9.17) is 0 Å². The topological polar surface area (TPSA) is 102 Å². The van der Waals surface area contributed by atoms with E-state index in [1.54, 1.807) is 4.90 Å². The fourth-order valence-corrected chi connectivity index (χ4v) is 4.77. The Morgan fingerprint density at radius 2 is 2.14 bits per heavy atom. The van der Waals surface area contributed by atoms with E-state index in [0.717, 1.165) is 30.5 Å². The van der Waals surface area contributed by atoms with E-state index in [9.17, 15) is 19.5 Å². The van der Waals surface area contributed by atoms with E-state index >= 15 is 0 Å². The minimum atomic E-state index is -0.720. The standard InChI is InChI=1S/C21H28N4O4/c1-22-12-21(29)7-2-8-24(13-21)10-14-3-4-15-11-25(20(28)16(15)9-14)17-5-6-18(26)23-19(17)27/h3-4,9,17,22,29H,2,5-8,10-13H2,1H3,(H,23,26,27). The van der Waals surface area contributed by atoms with E-state index in [1.807, 2.05) is 25.2 Å². The maximum atomic E-state index is 13.0. The number of benzene rings is 1. The first kappa shape index (κ1) is 20.0. The van der Waals surface area contributed by atoms with Crippen LogP contribution in [-0.2, 0) is 22.7 Å².